The van der Waals surface area contributed by atoms with Gasteiger partial charge in [-0.15, -0.1) is 0 Å². The number of nitrogens with zero attached hydrogens (tertiary/aromatic N) is 1. The van der Waals surface area contributed by atoms with Crippen molar-refractivity contribution in [3.8, 4) is 11.5 Å². The molecule has 1 aromatic rings. The van der Waals surface area contributed by atoms with E-state index >= 15 is 0 Å². The zero-order valence-electron chi connectivity index (χ0n) is 7.25. The summed E-state index contributed by atoms with van der Waals surface area (Å²) in [7, 11) is 0. The molecule has 3 nitrogen and oxygen atoms in total. The smallest absolute Gasteiger partial charge is 0.231 e. The van der Waals surface area contributed by atoms with Gasteiger partial charge in [-0.25, -0.2) is 5.32 Å². The number of rotatable bonds is 0. The second kappa shape index (κ2) is 2.64. The number of hydrogen-bond donors (Lipinski definition) is 0. The van der Waals surface area contributed by atoms with E-state index in [1.807, 2.05) is 0 Å². The molecule has 0 saturated heterocycles. The Morgan fingerprint density at radius 3 is 2.69 bits per heavy atom. The van der Waals surface area contributed by atoms with Crippen molar-refractivity contribution in [3.63, 3.8) is 0 Å². The summed E-state index contributed by atoms with van der Waals surface area (Å²) in [6, 6.07) is 4.15. The fraction of sp³-hybridized carbons (Fsp3) is 0.400. The van der Waals surface area contributed by atoms with Crippen LogP contribution >= 0.6 is 0 Å². The maximum Gasteiger partial charge on any atom is 0.231 e. The first kappa shape index (κ1) is 7.21. The number of benzene rings is 1. The summed E-state index contributed by atoms with van der Waals surface area (Å²) >= 11 is 0. The predicted octanol–water partition coefficient (Wildman–Crippen LogP) is 1.08. The molecule has 1 aromatic carbocycles. The van der Waals surface area contributed by atoms with Crippen LogP contribution < -0.4 is 14.8 Å². The van der Waals surface area contributed by atoms with Gasteiger partial charge in [0.15, 0.2) is 11.5 Å². The van der Waals surface area contributed by atoms with Crippen molar-refractivity contribution >= 4 is 0 Å². The SMILES string of the molecule is c1c2c(cc3c1OCO3)C[N]CC2. The van der Waals surface area contributed by atoms with E-state index in [-0.39, 0.29) is 0 Å². The van der Waals surface area contributed by atoms with Gasteiger partial charge in [0.2, 0.25) is 6.79 Å². The van der Waals surface area contributed by atoms with Gasteiger partial charge >= 0.3 is 0 Å². The molecule has 0 spiro atoms. The summed E-state index contributed by atoms with van der Waals surface area (Å²) in [5, 5.41) is 4.35. The molecule has 0 aliphatic carbocycles. The van der Waals surface area contributed by atoms with Gasteiger partial charge in [-0.1, -0.05) is 0 Å². The van der Waals surface area contributed by atoms with Crippen LogP contribution in [0.3, 0.4) is 0 Å². The summed E-state index contributed by atoms with van der Waals surface area (Å²) in [6.07, 6.45) is 1.03. The van der Waals surface area contributed by atoms with Crippen molar-refractivity contribution in [3.05, 3.63) is 23.3 Å². The Morgan fingerprint density at radius 2 is 1.85 bits per heavy atom. The second-order valence-electron chi connectivity index (χ2n) is 3.33. The standard InChI is InChI=1S/C10H10NO2/c1-2-11-5-8-4-10-9(3-7(1)8)12-6-13-10/h3-4H,1-2,5-6H2. The monoisotopic (exact) mass is 176 g/mol. The lowest BCUT2D eigenvalue weighted by molar-refractivity contribution is 0.174. The molecule has 3 heteroatoms. The van der Waals surface area contributed by atoms with E-state index in [9.17, 15) is 0 Å². The summed E-state index contributed by atoms with van der Waals surface area (Å²) in [5.74, 6) is 1.76. The molecule has 0 aromatic heterocycles. The van der Waals surface area contributed by atoms with Crippen LogP contribution in [0.1, 0.15) is 11.1 Å². The van der Waals surface area contributed by atoms with E-state index in [0.717, 1.165) is 31.0 Å². The predicted molar refractivity (Wildman–Crippen MR) is 47.0 cm³/mol. The summed E-state index contributed by atoms with van der Waals surface area (Å²) in [4.78, 5) is 0. The molecule has 2 heterocycles. The number of ether oxygens (including phenoxy) is 2. The van der Waals surface area contributed by atoms with Crippen molar-refractivity contribution in [2.45, 2.75) is 13.0 Å². The first-order valence-electron chi connectivity index (χ1n) is 4.48. The molecule has 2 aliphatic rings. The molecule has 0 fully saturated rings. The highest BCUT2D eigenvalue weighted by Crippen LogP contribution is 2.35. The zero-order chi connectivity index (χ0) is 8.67. The third kappa shape index (κ3) is 1.08. The van der Waals surface area contributed by atoms with Crippen LogP contribution in [0.5, 0.6) is 11.5 Å². The molecule has 0 bridgehead atoms. The fourth-order valence-electron chi connectivity index (χ4n) is 1.81. The van der Waals surface area contributed by atoms with Crippen molar-refractivity contribution in [2.75, 3.05) is 13.3 Å². The molecule has 67 valence electrons. The Balaban J connectivity index is 2.11. The van der Waals surface area contributed by atoms with E-state index in [0.29, 0.717) is 6.79 Å². The Hall–Kier alpha value is -1.22. The van der Waals surface area contributed by atoms with E-state index in [2.05, 4.69) is 17.4 Å². The van der Waals surface area contributed by atoms with Gasteiger partial charge in [0.05, 0.1) is 0 Å². The largest absolute Gasteiger partial charge is 0.454 e. The van der Waals surface area contributed by atoms with Crippen LogP contribution in [0.4, 0.5) is 0 Å². The molecule has 3 rings (SSSR count). The summed E-state index contributed by atoms with van der Waals surface area (Å²) in [5.41, 5.74) is 2.65. The zero-order valence-corrected chi connectivity index (χ0v) is 7.25. The van der Waals surface area contributed by atoms with Crippen molar-refractivity contribution in [1.29, 1.82) is 0 Å². The lowest BCUT2D eigenvalue weighted by Crippen LogP contribution is -2.17. The van der Waals surface area contributed by atoms with Gasteiger partial charge in [-0.2, -0.15) is 0 Å². The maximum atomic E-state index is 5.31. The summed E-state index contributed by atoms with van der Waals surface area (Å²) < 4.78 is 10.6. The Morgan fingerprint density at radius 1 is 1.08 bits per heavy atom. The van der Waals surface area contributed by atoms with Crippen LogP contribution in [0, 0.1) is 0 Å². The average molecular weight is 176 g/mol. The minimum absolute atomic E-state index is 0.357. The van der Waals surface area contributed by atoms with Crippen LogP contribution in [0.25, 0.3) is 0 Å². The molecule has 13 heavy (non-hydrogen) atoms. The highest BCUT2D eigenvalue weighted by atomic mass is 16.7. The summed E-state index contributed by atoms with van der Waals surface area (Å²) in [6.45, 7) is 2.12. The lowest BCUT2D eigenvalue weighted by Gasteiger charge is -2.15. The van der Waals surface area contributed by atoms with Gasteiger partial charge in [-0.05, 0) is 29.7 Å². The minimum atomic E-state index is 0.357. The van der Waals surface area contributed by atoms with Crippen LogP contribution in [-0.4, -0.2) is 13.3 Å². The third-order valence-electron chi connectivity index (χ3n) is 2.52. The van der Waals surface area contributed by atoms with Gasteiger partial charge in [-0.3, -0.25) is 0 Å². The van der Waals surface area contributed by atoms with E-state index in [1.54, 1.807) is 0 Å². The van der Waals surface area contributed by atoms with E-state index < -0.39 is 0 Å². The minimum Gasteiger partial charge on any atom is -0.454 e. The van der Waals surface area contributed by atoms with Gasteiger partial charge in [0.25, 0.3) is 0 Å². The van der Waals surface area contributed by atoms with Gasteiger partial charge in [0.1, 0.15) is 0 Å². The normalized spacial score (nSPS) is 18.5. The molecule has 0 N–H and O–H groups in total. The highest BCUT2D eigenvalue weighted by Gasteiger charge is 2.18. The first-order valence-corrected chi connectivity index (χ1v) is 4.48. The highest BCUT2D eigenvalue weighted by molar-refractivity contribution is 5.49. The first-order chi connectivity index (χ1) is 6.43. The van der Waals surface area contributed by atoms with Crippen molar-refractivity contribution in [2.24, 2.45) is 0 Å². The average Bonchev–Trinajstić information content (AvgIpc) is 2.61. The molecular formula is C10H10NO2. The quantitative estimate of drug-likeness (QED) is 0.592. The number of hydrogen-bond acceptors (Lipinski definition) is 2. The maximum absolute atomic E-state index is 5.31. The van der Waals surface area contributed by atoms with Crippen LogP contribution in [0.15, 0.2) is 12.1 Å². The van der Waals surface area contributed by atoms with Crippen molar-refractivity contribution in [1.82, 2.24) is 5.32 Å². The van der Waals surface area contributed by atoms with Gasteiger partial charge < -0.3 is 9.47 Å². The second-order valence-corrected chi connectivity index (χ2v) is 3.33. The lowest BCUT2D eigenvalue weighted by atomic mass is 10.0. The fourth-order valence-corrected chi connectivity index (χ4v) is 1.81. The van der Waals surface area contributed by atoms with E-state index in [4.69, 9.17) is 9.47 Å². The topological polar surface area (TPSA) is 32.6 Å². The van der Waals surface area contributed by atoms with Crippen molar-refractivity contribution < 1.29 is 9.47 Å². The molecule has 0 atom stereocenters. The Bertz CT molecular complexity index is 316. The third-order valence-corrected chi connectivity index (χ3v) is 2.52. The molecule has 0 amide bonds. The Labute approximate surface area is 76.7 Å². The number of fused-ring (bicyclic) bond motifs is 2. The molecule has 0 unspecified atom stereocenters. The Kier molecular flexibility index (Phi) is 1.46. The molecule has 1 radical (unpaired) electrons. The molecule has 2 aliphatic heterocycles. The van der Waals surface area contributed by atoms with Crippen LogP contribution in [0.2, 0.25) is 0 Å². The van der Waals surface area contributed by atoms with E-state index in [1.165, 1.54) is 11.1 Å². The van der Waals surface area contributed by atoms with Crippen LogP contribution in [-0.2, 0) is 13.0 Å². The van der Waals surface area contributed by atoms with Gasteiger partial charge in [0, 0.05) is 13.1 Å². The molecule has 0 saturated carbocycles. The molecular weight excluding hydrogens is 166 g/mol.